The molecule has 0 aliphatic rings. The third-order valence-electron chi connectivity index (χ3n) is 1.16. The minimum atomic E-state index is 1.18. The van der Waals surface area contributed by atoms with Crippen molar-refractivity contribution in [1.29, 1.82) is 0 Å². The van der Waals surface area contributed by atoms with E-state index in [4.69, 9.17) is 0 Å². The van der Waals surface area contributed by atoms with E-state index in [1.165, 1.54) is 10.6 Å². The summed E-state index contributed by atoms with van der Waals surface area (Å²) < 4.78 is 0. The molecule has 0 radical (unpaired) electrons. The van der Waals surface area contributed by atoms with Gasteiger partial charge in [-0.3, -0.25) is 0 Å². The van der Waals surface area contributed by atoms with Gasteiger partial charge >= 0.3 is 0 Å². The number of rotatable bonds is 2. The van der Waals surface area contributed by atoms with Gasteiger partial charge in [-0.15, -0.1) is 11.8 Å². The Labute approximate surface area is 59.2 Å². The zero-order valence-corrected chi connectivity index (χ0v) is 6.16. The molecule has 0 atom stereocenters. The first-order valence-corrected chi connectivity index (χ1v) is 3.94. The molecular formula is C7H9NS. The Morgan fingerprint density at radius 2 is 2.56 bits per heavy atom. The van der Waals surface area contributed by atoms with Crippen molar-refractivity contribution < 1.29 is 0 Å². The van der Waals surface area contributed by atoms with Crippen molar-refractivity contribution in [3.05, 3.63) is 24.4 Å². The van der Waals surface area contributed by atoms with Gasteiger partial charge in [0.2, 0.25) is 0 Å². The number of hydrogen-bond acceptors (Lipinski definition) is 1. The molecule has 0 bridgehead atoms. The maximum absolute atomic E-state index is 3.68. The van der Waals surface area contributed by atoms with E-state index in [1.807, 2.05) is 24.6 Å². The van der Waals surface area contributed by atoms with Gasteiger partial charge in [0.25, 0.3) is 0 Å². The standard InChI is InChI=1S/C7H9NS/c1-3-6-4-5-8-7(6)9-2/h3-5,8H,1H2,2H3. The molecule has 1 aromatic rings. The van der Waals surface area contributed by atoms with Crippen LogP contribution in [0.5, 0.6) is 0 Å². The first-order chi connectivity index (χ1) is 4.38. The summed E-state index contributed by atoms with van der Waals surface area (Å²) in [7, 11) is 0. The maximum Gasteiger partial charge on any atom is 0.0792 e. The van der Waals surface area contributed by atoms with Crippen molar-refractivity contribution in [1.82, 2.24) is 4.98 Å². The average Bonchev–Trinajstić information content (AvgIpc) is 2.33. The molecule has 1 rings (SSSR count). The predicted molar refractivity (Wildman–Crippen MR) is 42.7 cm³/mol. The summed E-state index contributed by atoms with van der Waals surface area (Å²) in [5, 5.41) is 1.19. The van der Waals surface area contributed by atoms with Crippen molar-refractivity contribution in [2.45, 2.75) is 5.03 Å². The highest BCUT2D eigenvalue weighted by Crippen LogP contribution is 2.17. The molecule has 0 aliphatic heterocycles. The first-order valence-electron chi connectivity index (χ1n) is 2.72. The Kier molecular flexibility index (Phi) is 2.01. The van der Waals surface area contributed by atoms with Gasteiger partial charge in [0.15, 0.2) is 0 Å². The number of H-pyrrole nitrogens is 1. The van der Waals surface area contributed by atoms with Crippen molar-refractivity contribution >= 4 is 17.8 Å². The molecule has 1 heterocycles. The van der Waals surface area contributed by atoms with Crippen LogP contribution < -0.4 is 0 Å². The van der Waals surface area contributed by atoms with Crippen molar-refractivity contribution in [3.63, 3.8) is 0 Å². The van der Waals surface area contributed by atoms with E-state index in [-0.39, 0.29) is 0 Å². The molecule has 0 amide bonds. The van der Waals surface area contributed by atoms with Crippen LogP contribution in [0.2, 0.25) is 0 Å². The molecule has 0 aliphatic carbocycles. The molecular weight excluding hydrogens is 130 g/mol. The van der Waals surface area contributed by atoms with Gasteiger partial charge in [-0.05, 0) is 12.3 Å². The third-order valence-corrected chi connectivity index (χ3v) is 1.93. The van der Waals surface area contributed by atoms with Crippen LogP contribution in [0.3, 0.4) is 0 Å². The molecule has 1 N–H and O–H groups in total. The fourth-order valence-electron chi connectivity index (χ4n) is 0.704. The summed E-state index contributed by atoms with van der Waals surface area (Å²) in [4.78, 5) is 3.10. The highest BCUT2D eigenvalue weighted by Gasteiger charge is 1.94. The fraction of sp³-hybridized carbons (Fsp3) is 0.143. The van der Waals surface area contributed by atoms with Gasteiger partial charge in [0.1, 0.15) is 0 Å². The molecule has 0 unspecified atom stereocenters. The van der Waals surface area contributed by atoms with E-state index in [0.29, 0.717) is 0 Å². The van der Waals surface area contributed by atoms with E-state index in [1.54, 1.807) is 11.8 Å². The number of hydrogen-bond donors (Lipinski definition) is 1. The van der Waals surface area contributed by atoms with Crippen LogP contribution in [0.15, 0.2) is 23.9 Å². The average molecular weight is 139 g/mol. The van der Waals surface area contributed by atoms with Crippen LogP contribution in [0.4, 0.5) is 0 Å². The lowest BCUT2D eigenvalue weighted by Gasteiger charge is -1.90. The van der Waals surface area contributed by atoms with Crippen molar-refractivity contribution in [2.75, 3.05) is 6.26 Å². The molecule has 0 fully saturated rings. The van der Waals surface area contributed by atoms with E-state index >= 15 is 0 Å². The van der Waals surface area contributed by atoms with Crippen molar-refractivity contribution in [2.24, 2.45) is 0 Å². The summed E-state index contributed by atoms with van der Waals surface area (Å²) in [5.74, 6) is 0. The highest BCUT2D eigenvalue weighted by atomic mass is 32.2. The maximum atomic E-state index is 3.68. The molecule has 0 saturated carbocycles. The SMILES string of the molecule is C=Cc1cc[nH]c1SC. The van der Waals surface area contributed by atoms with Gasteiger partial charge in [0.05, 0.1) is 5.03 Å². The smallest absolute Gasteiger partial charge is 0.0792 e. The number of thioether (sulfide) groups is 1. The number of aromatic nitrogens is 1. The lowest BCUT2D eigenvalue weighted by Crippen LogP contribution is -1.69. The summed E-state index contributed by atoms with van der Waals surface area (Å²) in [5.41, 5.74) is 1.18. The summed E-state index contributed by atoms with van der Waals surface area (Å²) in [6.45, 7) is 3.68. The Bertz CT molecular complexity index is 202. The second-order valence-electron chi connectivity index (χ2n) is 1.67. The summed E-state index contributed by atoms with van der Waals surface area (Å²) in [6, 6.07) is 2.01. The molecule has 0 spiro atoms. The zero-order valence-electron chi connectivity index (χ0n) is 5.35. The Morgan fingerprint density at radius 3 is 3.00 bits per heavy atom. The van der Waals surface area contributed by atoms with Crippen LogP contribution in [0.1, 0.15) is 5.56 Å². The normalized spacial score (nSPS) is 9.44. The second-order valence-corrected chi connectivity index (χ2v) is 2.49. The van der Waals surface area contributed by atoms with Crippen LogP contribution in [-0.4, -0.2) is 11.2 Å². The minimum Gasteiger partial charge on any atom is -0.356 e. The molecule has 48 valence electrons. The Balaban J connectivity index is 2.98. The third kappa shape index (κ3) is 1.19. The molecule has 9 heavy (non-hydrogen) atoms. The minimum absolute atomic E-state index is 1.18. The molecule has 1 aromatic heterocycles. The van der Waals surface area contributed by atoms with Gasteiger partial charge in [-0.1, -0.05) is 12.7 Å². The Morgan fingerprint density at radius 1 is 1.78 bits per heavy atom. The lowest BCUT2D eigenvalue weighted by molar-refractivity contribution is 1.20. The first kappa shape index (κ1) is 6.49. The monoisotopic (exact) mass is 139 g/mol. The van der Waals surface area contributed by atoms with Gasteiger partial charge in [-0.25, -0.2) is 0 Å². The van der Waals surface area contributed by atoms with Crippen molar-refractivity contribution in [3.8, 4) is 0 Å². The second kappa shape index (κ2) is 2.78. The molecule has 2 heteroatoms. The van der Waals surface area contributed by atoms with Crippen LogP contribution in [0.25, 0.3) is 6.08 Å². The van der Waals surface area contributed by atoms with Crippen LogP contribution in [0, 0.1) is 0 Å². The number of nitrogens with one attached hydrogen (secondary N) is 1. The predicted octanol–water partition coefficient (Wildman–Crippen LogP) is 2.38. The molecule has 0 aromatic carbocycles. The lowest BCUT2D eigenvalue weighted by atomic mass is 10.3. The zero-order chi connectivity index (χ0) is 6.69. The van der Waals surface area contributed by atoms with Gasteiger partial charge in [-0.2, -0.15) is 0 Å². The summed E-state index contributed by atoms with van der Waals surface area (Å²) in [6.07, 6.45) is 5.81. The summed E-state index contributed by atoms with van der Waals surface area (Å²) >= 11 is 1.70. The van der Waals surface area contributed by atoms with E-state index in [2.05, 4.69) is 11.6 Å². The largest absolute Gasteiger partial charge is 0.356 e. The van der Waals surface area contributed by atoms with Crippen LogP contribution in [-0.2, 0) is 0 Å². The van der Waals surface area contributed by atoms with E-state index in [0.717, 1.165) is 0 Å². The van der Waals surface area contributed by atoms with Crippen LogP contribution >= 0.6 is 11.8 Å². The molecule has 1 nitrogen and oxygen atoms in total. The quantitative estimate of drug-likeness (QED) is 0.622. The molecule has 0 saturated heterocycles. The topological polar surface area (TPSA) is 15.8 Å². The Hall–Kier alpha value is -0.630. The highest BCUT2D eigenvalue weighted by molar-refractivity contribution is 7.98. The number of aromatic amines is 1. The fourth-order valence-corrected chi connectivity index (χ4v) is 1.28. The van der Waals surface area contributed by atoms with E-state index in [9.17, 15) is 0 Å². The van der Waals surface area contributed by atoms with E-state index < -0.39 is 0 Å². The van der Waals surface area contributed by atoms with Gasteiger partial charge < -0.3 is 4.98 Å². The van der Waals surface area contributed by atoms with Gasteiger partial charge in [0, 0.05) is 11.8 Å².